The Morgan fingerprint density at radius 2 is 1.71 bits per heavy atom. The Balaban J connectivity index is 1.03. The van der Waals surface area contributed by atoms with Crippen molar-refractivity contribution in [3.63, 3.8) is 0 Å². The molecule has 49 heavy (non-hydrogen) atoms. The first kappa shape index (κ1) is 32.0. The largest absolute Gasteiger partial charge is 0.484 e. The molecule has 3 heterocycles. The van der Waals surface area contributed by atoms with Crippen LogP contribution in [0.3, 0.4) is 0 Å². The van der Waals surface area contributed by atoms with Crippen LogP contribution in [-0.2, 0) is 19.1 Å². The SMILES string of the molecule is CCOC(=O)c1ccc(NC(=O)COc2cccc([C@H]3c4sc(=O)[nH]c4SC4C3[C@H]3C[C@@H]4C4C(=O)N(c5ccc(Br)cc5)C(=O)C43)c2)cc1. The van der Waals surface area contributed by atoms with Crippen molar-refractivity contribution in [3.8, 4) is 5.75 Å². The first-order valence-corrected chi connectivity index (χ1v) is 18.5. The number of nitrogens with zero attached hydrogens (tertiary/aromatic N) is 1. The molecule has 4 unspecified atom stereocenters. The Morgan fingerprint density at radius 3 is 2.45 bits per heavy atom. The first-order chi connectivity index (χ1) is 23.7. The van der Waals surface area contributed by atoms with E-state index in [2.05, 4.69) is 26.2 Å². The number of esters is 1. The van der Waals surface area contributed by atoms with Gasteiger partial charge in [-0.3, -0.25) is 24.1 Å². The first-order valence-electron chi connectivity index (χ1n) is 16.0. The molecule has 1 aromatic heterocycles. The van der Waals surface area contributed by atoms with Gasteiger partial charge in [-0.15, -0.1) is 11.8 Å². The molecule has 2 aliphatic heterocycles. The van der Waals surface area contributed by atoms with Gasteiger partial charge in [0.1, 0.15) is 5.75 Å². The summed E-state index contributed by atoms with van der Waals surface area (Å²) < 4.78 is 11.8. The number of halogens is 1. The second-order valence-corrected chi connectivity index (χ2v) is 15.8. The number of aromatic nitrogens is 1. The van der Waals surface area contributed by atoms with E-state index in [0.29, 0.717) is 22.7 Å². The maximum atomic E-state index is 14.0. The summed E-state index contributed by atoms with van der Waals surface area (Å²) in [6.07, 6.45) is 0.788. The van der Waals surface area contributed by atoms with Gasteiger partial charge < -0.3 is 19.8 Å². The Labute approximate surface area is 297 Å². The summed E-state index contributed by atoms with van der Waals surface area (Å²) in [5.74, 6) is -1.51. The lowest BCUT2D eigenvalue weighted by molar-refractivity contribution is -0.123. The molecule has 2 N–H and O–H groups in total. The zero-order valence-corrected chi connectivity index (χ0v) is 29.3. The molecule has 1 saturated heterocycles. The van der Waals surface area contributed by atoms with Crippen molar-refractivity contribution in [2.45, 2.75) is 29.5 Å². The van der Waals surface area contributed by atoms with Gasteiger partial charge in [0.25, 0.3) is 5.91 Å². The number of hydrogen-bond donors (Lipinski definition) is 2. The van der Waals surface area contributed by atoms with Gasteiger partial charge in [0, 0.05) is 26.2 Å². The van der Waals surface area contributed by atoms with Gasteiger partial charge in [-0.05, 0) is 97.3 Å². The molecular weight excluding hydrogens is 730 g/mol. The average Bonchev–Trinajstić information content (AvgIpc) is 3.83. The lowest BCUT2D eigenvalue weighted by Crippen LogP contribution is -2.42. The van der Waals surface area contributed by atoms with E-state index in [4.69, 9.17) is 9.47 Å². The van der Waals surface area contributed by atoms with Crippen LogP contribution in [-0.4, -0.2) is 47.1 Å². The maximum Gasteiger partial charge on any atom is 0.338 e. The summed E-state index contributed by atoms with van der Waals surface area (Å²) in [6.45, 7) is 1.77. The minimum absolute atomic E-state index is 0.00966. The molecule has 2 bridgehead atoms. The lowest BCUT2D eigenvalue weighted by Gasteiger charge is -2.43. The Hall–Kier alpha value is -4.20. The fourth-order valence-corrected chi connectivity index (χ4v) is 11.4. The number of amides is 3. The van der Waals surface area contributed by atoms with Gasteiger partial charge in [0.2, 0.25) is 11.8 Å². The minimum Gasteiger partial charge on any atom is -0.484 e. The molecule has 13 heteroatoms. The third-order valence-corrected chi connectivity index (χ3v) is 13.2. The van der Waals surface area contributed by atoms with Crippen LogP contribution in [0, 0.1) is 29.6 Å². The van der Waals surface area contributed by atoms with Crippen LogP contribution in [0.1, 0.15) is 40.1 Å². The number of aromatic amines is 1. The van der Waals surface area contributed by atoms with Crippen molar-refractivity contribution < 1.29 is 28.7 Å². The van der Waals surface area contributed by atoms with E-state index in [9.17, 15) is 24.0 Å². The summed E-state index contributed by atoms with van der Waals surface area (Å²) in [7, 11) is 0. The molecule has 10 nitrogen and oxygen atoms in total. The second-order valence-electron chi connectivity index (χ2n) is 12.7. The number of H-pyrrole nitrogens is 1. The van der Waals surface area contributed by atoms with E-state index in [1.165, 1.54) is 16.2 Å². The fourth-order valence-electron chi connectivity index (χ4n) is 8.28. The Morgan fingerprint density at radius 1 is 0.980 bits per heavy atom. The lowest BCUT2D eigenvalue weighted by atomic mass is 9.68. The number of thiazole rings is 1. The van der Waals surface area contributed by atoms with Crippen LogP contribution in [0.5, 0.6) is 5.75 Å². The summed E-state index contributed by atoms with van der Waals surface area (Å²) in [5, 5.41) is 3.66. The maximum absolute atomic E-state index is 14.0. The van der Waals surface area contributed by atoms with Crippen LogP contribution in [0.2, 0.25) is 0 Å². The number of carbonyl (C=O) groups is 4. The van der Waals surface area contributed by atoms with Crippen molar-refractivity contribution in [1.82, 2.24) is 4.98 Å². The molecule has 0 spiro atoms. The highest BCUT2D eigenvalue weighted by Gasteiger charge is 2.69. The highest BCUT2D eigenvalue weighted by atomic mass is 79.9. The average molecular weight is 761 g/mol. The zero-order valence-electron chi connectivity index (χ0n) is 26.1. The number of imide groups is 1. The summed E-state index contributed by atoms with van der Waals surface area (Å²) in [6, 6.07) is 21.3. The van der Waals surface area contributed by atoms with Crippen LogP contribution in [0.15, 0.2) is 87.1 Å². The molecule has 4 aromatic rings. The normalized spacial score (nSPS) is 26.2. The molecule has 2 aliphatic carbocycles. The molecule has 3 fully saturated rings. The molecule has 2 saturated carbocycles. The van der Waals surface area contributed by atoms with Crippen molar-refractivity contribution in [2.24, 2.45) is 29.6 Å². The summed E-state index contributed by atoms with van der Waals surface area (Å²) in [5.41, 5.74) is 2.43. The number of nitrogens with one attached hydrogen (secondary N) is 2. The molecule has 4 aliphatic rings. The van der Waals surface area contributed by atoms with Crippen molar-refractivity contribution in [2.75, 3.05) is 23.4 Å². The van der Waals surface area contributed by atoms with E-state index in [-0.39, 0.29) is 70.6 Å². The number of carbonyl (C=O) groups excluding carboxylic acids is 4. The molecule has 0 radical (unpaired) electrons. The molecule has 3 amide bonds. The van der Waals surface area contributed by atoms with Gasteiger partial charge in [0.05, 0.1) is 34.7 Å². The van der Waals surface area contributed by atoms with Crippen molar-refractivity contribution in [3.05, 3.63) is 103 Å². The Kier molecular flexibility index (Phi) is 8.24. The number of rotatable bonds is 8. The molecular formula is C36H30BrN3O7S2. The number of ether oxygens (including phenoxy) is 2. The molecule has 7 atom stereocenters. The van der Waals surface area contributed by atoms with Gasteiger partial charge in [-0.25, -0.2) is 4.79 Å². The second kappa shape index (κ2) is 12.6. The standard InChI is InChI=1S/C36H30BrN3O7S2/c1-2-46-35(44)17-6-10-20(11-7-17)38-25(41)16-47-22-5-3-4-18(14-22)26-27-23-15-24(30(27)48-32-31(26)49-36(45)39-32)29-28(23)33(42)40(34(29)43)21-12-8-19(37)9-13-21/h3-14,23-24,26-30H,2,15-16H2,1H3,(H,38,41)(H,39,45)/t23-,24-,26-,27?,28?,29?,30?/m1/s1. The third kappa shape index (κ3) is 5.51. The molecule has 250 valence electrons. The predicted octanol–water partition coefficient (Wildman–Crippen LogP) is 6.07. The van der Waals surface area contributed by atoms with Gasteiger partial charge in [0.15, 0.2) is 6.61 Å². The van der Waals surface area contributed by atoms with Crippen LogP contribution < -0.4 is 19.8 Å². The third-order valence-electron chi connectivity index (χ3n) is 10.1. The number of hydrogen-bond acceptors (Lipinski definition) is 9. The van der Waals surface area contributed by atoms with Gasteiger partial charge in [-0.2, -0.15) is 0 Å². The smallest absolute Gasteiger partial charge is 0.338 e. The predicted molar refractivity (Wildman–Crippen MR) is 188 cm³/mol. The summed E-state index contributed by atoms with van der Waals surface area (Å²) >= 11 is 6.27. The minimum atomic E-state index is -0.429. The number of thioether (sulfide) groups is 1. The number of fused-ring (bicyclic) bond motifs is 9. The van der Waals surface area contributed by atoms with Crippen LogP contribution in [0.4, 0.5) is 11.4 Å². The van der Waals surface area contributed by atoms with Crippen molar-refractivity contribution >= 4 is 74.1 Å². The van der Waals surface area contributed by atoms with E-state index in [1.807, 2.05) is 30.3 Å². The quantitative estimate of drug-likeness (QED) is 0.163. The van der Waals surface area contributed by atoms with Crippen molar-refractivity contribution in [1.29, 1.82) is 0 Å². The topological polar surface area (TPSA) is 135 Å². The van der Waals surface area contributed by atoms with Gasteiger partial charge >= 0.3 is 10.8 Å². The summed E-state index contributed by atoms with van der Waals surface area (Å²) in [4.78, 5) is 70.4. The highest BCUT2D eigenvalue weighted by molar-refractivity contribution is 9.10. The van der Waals surface area contributed by atoms with Crippen LogP contribution >= 0.6 is 39.0 Å². The van der Waals surface area contributed by atoms with Crippen LogP contribution in [0.25, 0.3) is 0 Å². The fraction of sp³-hybridized carbons (Fsp3) is 0.306. The van der Waals surface area contributed by atoms with E-state index in [0.717, 1.165) is 26.4 Å². The Bertz CT molecular complexity index is 2050. The highest BCUT2D eigenvalue weighted by Crippen LogP contribution is 2.68. The zero-order chi connectivity index (χ0) is 34.0. The van der Waals surface area contributed by atoms with E-state index < -0.39 is 11.9 Å². The molecule has 8 rings (SSSR count). The number of benzene rings is 3. The van der Waals surface area contributed by atoms with Gasteiger partial charge in [-0.1, -0.05) is 39.4 Å². The molecule has 3 aromatic carbocycles. The van der Waals surface area contributed by atoms with E-state index >= 15 is 0 Å². The van der Waals surface area contributed by atoms with E-state index in [1.54, 1.807) is 61.2 Å². The number of anilines is 2. The monoisotopic (exact) mass is 759 g/mol.